The number of hydrogen-bond donors (Lipinski definition) is 0. The van der Waals surface area contributed by atoms with Gasteiger partial charge in [0.2, 0.25) is 5.89 Å². The zero-order valence-electron chi connectivity index (χ0n) is 14.7. The average Bonchev–Trinajstić information content (AvgIpc) is 3.09. The van der Waals surface area contributed by atoms with Crippen LogP contribution in [0.25, 0.3) is 11.5 Å². The highest BCUT2D eigenvalue weighted by molar-refractivity contribution is 5.47. The van der Waals surface area contributed by atoms with Gasteiger partial charge in [0.1, 0.15) is 5.69 Å². The molecule has 1 aliphatic heterocycles. The molecule has 0 aliphatic carbocycles. The molecule has 0 aromatic carbocycles. The molecule has 0 amide bonds. The molecule has 0 saturated carbocycles. The van der Waals surface area contributed by atoms with Crippen molar-refractivity contribution in [3.05, 3.63) is 54.1 Å². The molecule has 1 saturated heterocycles. The molecule has 0 spiro atoms. The maximum Gasteiger partial charge on any atom is 0.223 e. The second-order valence-electron chi connectivity index (χ2n) is 6.41. The minimum Gasteiger partial charge on any atom is -0.340 e. The highest BCUT2D eigenvalue weighted by Crippen LogP contribution is 2.13. The Hall–Kier alpha value is -2.71. The van der Waals surface area contributed by atoms with Crippen molar-refractivity contribution in [2.75, 3.05) is 26.2 Å². The van der Waals surface area contributed by atoms with Gasteiger partial charge < -0.3 is 4.52 Å². The summed E-state index contributed by atoms with van der Waals surface area (Å²) in [6, 6.07) is 5.74. The van der Waals surface area contributed by atoms with Gasteiger partial charge in [-0.2, -0.15) is 4.98 Å². The second-order valence-corrected chi connectivity index (χ2v) is 6.41. The quantitative estimate of drug-likeness (QED) is 0.684. The third-order valence-electron chi connectivity index (χ3n) is 4.41. The molecular weight excluding hydrogens is 330 g/mol. The molecule has 8 nitrogen and oxygen atoms in total. The van der Waals surface area contributed by atoms with Gasteiger partial charge in [0, 0.05) is 63.8 Å². The van der Waals surface area contributed by atoms with Crippen LogP contribution in [0.5, 0.6) is 0 Å². The van der Waals surface area contributed by atoms with Crippen molar-refractivity contribution in [1.82, 2.24) is 34.9 Å². The first kappa shape index (κ1) is 16.7. The zero-order chi connectivity index (χ0) is 17.8. The molecule has 0 N–H and O–H groups in total. The van der Waals surface area contributed by atoms with Crippen LogP contribution in [0.2, 0.25) is 0 Å². The molecule has 8 heteroatoms. The molecule has 0 radical (unpaired) electrons. The van der Waals surface area contributed by atoms with E-state index in [2.05, 4.69) is 34.9 Å². The predicted octanol–water partition coefficient (Wildman–Crippen LogP) is 1.55. The van der Waals surface area contributed by atoms with Crippen LogP contribution in [-0.4, -0.2) is 61.1 Å². The SMILES string of the molecule is Cc1nc(CN2CCN(Cc3cnc(-c4ccccn4)nc3)CC2)no1. The van der Waals surface area contributed by atoms with E-state index in [0.29, 0.717) is 11.7 Å². The molecule has 0 bridgehead atoms. The zero-order valence-corrected chi connectivity index (χ0v) is 14.7. The number of hydrogen-bond acceptors (Lipinski definition) is 8. The summed E-state index contributed by atoms with van der Waals surface area (Å²) in [5.41, 5.74) is 1.91. The summed E-state index contributed by atoms with van der Waals surface area (Å²) in [5, 5.41) is 3.97. The summed E-state index contributed by atoms with van der Waals surface area (Å²) in [7, 11) is 0. The second kappa shape index (κ2) is 7.67. The first-order valence-electron chi connectivity index (χ1n) is 8.72. The highest BCUT2D eigenvalue weighted by Gasteiger charge is 2.19. The van der Waals surface area contributed by atoms with E-state index in [9.17, 15) is 0 Å². The van der Waals surface area contributed by atoms with Gasteiger partial charge in [-0.3, -0.25) is 14.8 Å². The van der Waals surface area contributed by atoms with Crippen molar-refractivity contribution in [2.45, 2.75) is 20.0 Å². The summed E-state index contributed by atoms with van der Waals surface area (Å²) in [5.74, 6) is 2.04. The van der Waals surface area contributed by atoms with E-state index in [0.717, 1.165) is 56.4 Å². The highest BCUT2D eigenvalue weighted by atomic mass is 16.5. The number of piperazine rings is 1. The topological polar surface area (TPSA) is 84.1 Å². The minimum absolute atomic E-state index is 0.618. The lowest BCUT2D eigenvalue weighted by atomic mass is 10.2. The van der Waals surface area contributed by atoms with E-state index in [1.807, 2.05) is 37.5 Å². The Labute approximate surface area is 151 Å². The standard InChI is InChI=1S/C18H21N7O/c1-14-22-17(23-26-14)13-25-8-6-24(7-9-25)12-15-10-20-18(21-11-15)16-4-2-3-5-19-16/h2-5,10-11H,6-9,12-13H2,1H3. The fourth-order valence-corrected chi connectivity index (χ4v) is 3.03. The summed E-state index contributed by atoms with van der Waals surface area (Å²) in [4.78, 5) is 22.2. The molecule has 3 aromatic heterocycles. The van der Waals surface area contributed by atoms with E-state index in [-0.39, 0.29) is 0 Å². The van der Waals surface area contributed by atoms with Gasteiger partial charge in [-0.15, -0.1) is 0 Å². The van der Waals surface area contributed by atoms with Crippen LogP contribution in [0.4, 0.5) is 0 Å². The van der Waals surface area contributed by atoms with Gasteiger partial charge >= 0.3 is 0 Å². The van der Waals surface area contributed by atoms with Crippen molar-refractivity contribution in [3.8, 4) is 11.5 Å². The molecule has 1 aliphatic rings. The fourth-order valence-electron chi connectivity index (χ4n) is 3.03. The van der Waals surface area contributed by atoms with Gasteiger partial charge in [0.25, 0.3) is 0 Å². The third kappa shape index (κ3) is 4.09. The Morgan fingerprint density at radius 1 is 0.962 bits per heavy atom. The monoisotopic (exact) mass is 351 g/mol. The first-order chi connectivity index (χ1) is 12.8. The lowest BCUT2D eigenvalue weighted by molar-refractivity contribution is 0.119. The lowest BCUT2D eigenvalue weighted by Gasteiger charge is -2.33. The van der Waals surface area contributed by atoms with Gasteiger partial charge in [-0.05, 0) is 12.1 Å². The third-order valence-corrected chi connectivity index (χ3v) is 4.41. The van der Waals surface area contributed by atoms with Gasteiger partial charge in [0.05, 0.1) is 6.54 Å². The van der Waals surface area contributed by atoms with E-state index < -0.39 is 0 Å². The van der Waals surface area contributed by atoms with Crippen LogP contribution in [0.3, 0.4) is 0 Å². The fraction of sp³-hybridized carbons (Fsp3) is 0.389. The van der Waals surface area contributed by atoms with Crippen LogP contribution in [-0.2, 0) is 13.1 Å². The van der Waals surface area contributed by atoms with Gasteiger partial charge in [-0.1, -0.05) is 11.2 Å². The Morgan fingerprint density at radius 3 is 2.31 bits per heavy atom. The summed E-state index contributed by atoms with van der Waals surface area (Å²) < 4.78 is 5.03. The Morgan fingerprint density at radius 2 is 1.69 bits per heavy atom. The van der Waals surface area contributed by atoms with Gasteiger partial charge in [-0.25, -0.2) is 9.97 Å². The van der Waals surface area contributed by atoms with E-state index >= 15 is 0 Å². The van der Waals surface area contributed by atoms with Crippen molar-refractivity contribution < 1.29 is 4.52 Å². The van der Waals surface area contributed by atoms with Crippen LogP contribution in [0.15, 0.2) is 41.3 Å². The Kier molecular flexibility index (Phi) is 4.94. The number of aromatic nitrogens is 5. The number of aryl methyl sites for hydroxylation is 1. The Balaban J connectivity index is 1.29. The molecule has 4 heterocycles. The van der Waals surface area contributed by atoms with Crippen LogP contribution >= 0.6 is 0 Å². The van der Waals surface area contributed by atoms with E-state index in [1.165, 1.54) is 0 Å². The molecule has 0 atom stereocenters. The summed E-state index contributed by atoms with van der Waals surface area (Å²) >= 11 is 0. The van der Waals surface area contributed by atoms with Crippen molar-refractivity contribution in [1.29, 1.82) is 0 Å². The molecule has 0 unspecified atom stereocenters. The molecule has 1 fully saturated rings. The normalized spacial score (nSPS) is 16.0. The maximum absolute atomic E-state index is 5.03. The maximum atomic E-state index is 5.03. The van der Waals surface area contributed by atoms with E-state index in [4.69, 9.17) is 4.52 Å². The minimum atomic E-state index is 0.618. The van der Waals surface area contributed by atoms with Crippen LogP contribution in [0.1, 0.15) is 17.3 Å². The molecule has 3 aromatic rings. The van der Waals surface area contributed by atoms with Crippen molar-refractivity contribution in [3.63, 3.8) is 0 Å². The molecular formula is C18H21N7O. The van der Waals surface area contributed by atoms with Crippen molar-refractivity contribution in [2.24, 2.45) is 0 Å². The largest absolute Gasteiger partial charge is 0.340 e. The summed E-state index contributed by atoms with van der Waals surface area (Å²) in [6.45, 7) is 7.39. The smallest absolute Gasteiger partial charge is 0.223 e. The Bertz CT molecular complexity index is 826. The van der Waals surface area contributed by atoms with Crippen molar-refractivity contribution >= 4 is 0 Å². The lowest BCUT2D eigenvalue weighted by Crippen LogP contribution is -2.45. The molecule has 134 valence electrons. The molecule has 4 rings (SSSR count). The number of nitrogens with zero attached hydrogens (tertiary/aromatic N) is 7. The predicted molar refractivity (Wildman–Crippen MR) is 94.9 cm³/mol. The van der Waals surface area contributed by atoms with Gasteiger partial charge in [0.15, 0.2) is 11.6 Å². The molecule has 26 heavy (non-hydrogen) atoms. The summed E-state index contributed by atoms with van der Waals surface area (Å²) in [6.07, 6.45) is 5.54. The average molecular weight is 351 g/mol. The first-order valence-corrected chi connectivity index (χ1v) is 8.72. The van der Waals surface area contributed by atoms with Crippen LogP contribution < -0.4 is 0 Å². The number of rotatable bonds is 5. The number of pyridine rings is 1. The van der Waals surface area contributed by atoms with E-state index in [1.54, 1.807) is 6.20 Å². The van der Waals surface area contributed by atoms with Crippen LogP contribution in [0, 0.1) is 6.92 Å².